The van der Waals surface area contributed by atoms with Crippen LogP contribution in [0.25, 0.3) is 11.3 Å². The normalized spacial score (nSPS) is 20.0. The minimum atomic E-state index is -0.253. The van der Waals surface area contributed by atoms with Gasteiger partial charge in [-0.1, -0.05) is 0 Å². The third kappa shape index (κ3) is 4.50. The molecule has 0 spiro atoms. The van der Waals surface area contributed by atoms with E-state index < -0.39 is 0 Å². The number of methoxy groups -OCH3 is 1. The van der Waals surface area contributed by atoms with Gasteiger partial charge in [-0.3, -0.25) is 9.59 Å². The van der Waals surface area contributed by atoms with E-state index in [1.807, 2.05) is 29.2 Å². The maximum absolute atomic E-state index is 12.5. The Balaban J connectivity index is 1.39. The van der Waals surface area contributed by atoms with Crippen molar-refractivity contribution in [1.82, 2.24) is 14.7 Å². The van der Waals surface area contributed by atoms with Crippen LogP contribution in [0.5, 0.6) is 5.75 Å². The van der Waals surface area contributed by atoms with Crippen molar-refractivity contribution in [3.8, 4) is 17.0 Å². The van der Waals surface area contributed by atoms with E-state index in [-0.39, 0.29) is 17.6 Å². The van der Waals surface area contributed by atoms with Gasteiger partial charge in [-0.05, 0) is 61.9 Å². The first-order valence-electron chi connectivity index (χ1n) is 10.3. The van der Waals surface area contributed by atoms with Gasteiger partial charge >= 0.3 is 0 Å². The number of carbonyl (C=O) groups is 1. The van der Waals surface area contributed by atoms with E-state index in [2.05, 4.69) is 5.10 Å². The Morgan fingerprint density at radius 2 is 1.90 bits per heavy atom. The van der Waals surface area contributed by atoms with Gasteiger partial charge < -0.3 is 14.4 Å². The third-order valence-electron chi connectivity index (χ3n) is 5.81. The third-order valence-corrected chi connectivity index (χ3v) is 5.81. The molecule has 29 heavy (non-hydrogen) atoms. The van der Waals surface area contributed by atoms with Gasteiger partial charge in [-0.2, -0.15) is 5.10 Å². The molecule has 7 nitrogen and oxygen atoms in total. The molecule has 2 aliphatic rings. The van der Waals surface area contributed by atoms with Crippen LogP contribution < -0.4 is 10.3 Å². The standard InChI is InChI=1S/C22H27N3O4/c1-28-18-6-4-17(5-7-18)19-8-9-21(26)25(23-19)15-16-10-12-24(13-11-16)22(27)20-3-2-14-29-20/h4-9,16,20H,2-3,10-15H2,1H3. The fourth-order valence-corrected chi connectivity index (χ4v) is 4.05. The van der Waals surface area contributed by atoms with Crippen LogP contribution in [0.1, 0.15) is 25.7 Å². The number of ether oxygens (including phenoxy) is 2. The lowest BCUT2D eigenvalue weighted by atomic mass is 9.96. The molecule has 2 aromatic rings. The van der Waals surface area contributed by atoms with Gasteiger partial charge in [0, 0.05) is 37.9 Å². The smallest absolute Gasteiger partial charge is 0.266 e. The molecular formula is C22H27N3O4. The zero-order valence-corrected chi connectivity index (χ0v) is 16.8. The first kappa shape index (κ1) is 19.6. The summed E-state index contributed by atoms with van der Waals surface area (Å²) in [5.74, 6) is 1.24. The number of likely N-dealkylation sites (tertiary alicyclic amines) is 1. The van der Waals surface area contributed by atoms with Gasteiger partial charge in [0.25, 0.3) is 11.5 Å². The van der Waals surface area contributed by atoms with Crippen molar-refractivity contribution in [3.05, 3.63) is 46.8 Å². The molecule has 2 aliphatic heterocycles. The molecule has 0 radical (unpaired) electrons. The molecular weight excluding hydrogens is 370 g/mol. The van der Waals surface area contributed by atoms with Crippen molar-refractivity contribution < 1.29 is 14.3 Å². The summed E-state index contributed by atoms with van der Waals surface area (Å²) in [6.07, 6.45) is 3.29. The van der Waals surface area contributed by atoms with Crippen LogP contribution in [0.2, 0.25) is 0 Å². The minimum Gasteiger partial charge on any atom is -0.497 e. The lowest BCUT2D eigenvalue weighted by Crippen LogP contribution is -2.44. The van der Waals surface area contributed by atoms with Crippen LogP contribution in [0, 0.1) is 5.92 Å². The fourth-order valence-electron chi connectivity index (χ4n) is 4.05. The lowest BCUT2D eigenvalue weighted by molar-refractivity contribution is -0.142. The molecule has 1 aromatic carbocycles. The van der Waals surface area contributed by atoms with Crippen LogP contribution in [0.4, 0.5) is 0 Å². The number of hydrogen-bond donors (Lipinski definition) is 0. The number of piperidine rings is 1. The number of rotatable bonds is 5. The van der Waals surface area contributed by atoms with Gasteiger partial charge in [0.2, 0.25) is 0 Å². The van der Waals surface area contributed by atoms with Crippen molar-refractivity contribution in [2.45, 2.75) is 38.3 Å². The van der Waals surface area contributed by atoms with Gasteiger partial charge in [0.15, 0.2) is 0 Å². The van der Waals surface area contributed by atoms with E-state index >= 15 is 0 Å². The Morgan fingerprint density at radius 1 is 1.14 bits per heavy atom. The second kappa shape index (κ2) is 8.78. The highest BCUT2D eigenvalue weighted by Gasteiger charge is 2.31. The average Bonchev–Trinajstić information content (AvgIpc) is 3.30. The Kier molecular flexibility index (Phi) is 5.94. The maximum atomic E-state index is 12.5. The molecule has 1 atom stereocenters. The Morgan fingerprint density at radius 3 is 2.55 bits per heavy atom. The highest BCUT2D eigenvalue weighted by molar-refractivity contribution is 5.81. The number of benzene rings is 1. The van der Waals surface area contributed by atoms with Crippen LogP contribution in [-0.2, 0) is 16.1 Å². The first-order valence-corrected chi connectivity index (χ1v) is 10.3. The molecule has 2 saturated heterocycles. The molecule has 1 amide bonds. The summed E-state index contributed by atoms with van der Waals surface area (Å²) in [5.41, 5.74) is 1.61. The zero-order valence-electron chi connectivity index (χ0n) is 16.8. The summed E-state index contributed by atoms with van der Waals surface area (Å²) in [6, 6.07) is 11.0. The lowest BCUT2D eigenvalue weighted by Gasteiger charge is -2.33. The van der Waals surface area contributed by atoms with E-state index in [0.29, 0.717) is 19.1 Å². The molecule has 3 heterocycles. The van der Waals surface area contributed by atoms with E-state index in [9.17, 15) is 9.59 Å². The number of hydrogen-bond acceptors (Lipinski definition) is 5. The molecule has 0 aliphatic carbocycles. The molecule has 2 fully saturated rings. The van der Waals surface area contributed by atoms with Crippen molar-refractivity contribution >= 4 is 5.91 Å². The first-order chi connectivity index (χ1) is 14.1. The number of nitrogens with zero attached hydrogens (tertiary/aromatic N) is 3. The number of amides is 1. The second-order valence-corrected chi connectivity index (χ2v) is 7.74. The molecule has 1 unspecified atom stereocenters. The van der Waals surface area contributed by atoms with Gasteiger partial charge in [-0.25, -0.2) is 4.68 Å². The highest BCUT2D eigenvalue weighted by Crippen LogP contribution is 2.23. The Hall–Kier alpha value is -2.67. The topological polar surface area (TPSA) is 73.7 Å². The summed E-state index contributed by atoms with van der Waals surface area (Å²) in [6.45, 7) is 2.70. The van der Waals surface area contributed by atoms with E-state index in [4.69, 9.17) is 9.47 Å². The maximum Gasteiger partial charge on any atom is 0.266 e. The summed E-state index contributed by atoms with van der Waals surface area (Å²) >= 11 is 0. The highest BCUT2D eigenvalue weighted by atomic mass is 16.5. The Labute approximate surface area is 170 Å². The molecule has 0 saturated carbocycles. The molecule has 154 valence electrons. The number of aromatic nitrogens is 2. The molecule has 0 N–H and O–H groups in total. The van der Waals surface area contributed by atoms with Gasteiger partial charge in [0.05, 0.1) is 12.8 Å². The monoisotopic (exact) mass is 397 g/mol. The van der Waals surface area contributed by atoms with Crippen molar-refractivity contribution in [1.29, 1.82) is 0 Å². The zero-order chi connectivity index (χ0) is 20.2. The fraction of sp³-hybridized carbons (Fsp3) is 0.500. The number of carbonyl (C=O) groups excluding carboxylic acids is 1. The van der Waals surface area contributed by atoms with Gasteiger partial charge in [-0.15, -0.1) is 0 Å². The van der Waals surface area contributed by atoms with Crippen LogP contribution >= 0.6 is 0 Å². The van der Waals surface area contributed by atoms with E-state index in [1.54, 1.807) is 23.9 Å². The van der Waals surface area contributed by atoms with Crippen molar-refractivity contribution in [3.63, 3.8) is 0 Å². The Bertz CT molecular complexity index is 895. The molecule has 7 heteroatoms. The van der Waals surface area contributed by atoms with Crippen LogP contribution in [-0.4, -0.2) is 53.5 Å². The summed E-state index contributed by atoms with van der Waals surface area (Å²) in [4.78, 5) is 26.7. The van der Waals surface area contributed by atoms with E-state index in [1.165, 1.54) is 0 Å². The van der Waals surface area contributed by atoms with E-state index in [0.717, 1.165) is 55.8 Å². The summed E-state index contributed by atoms with van der Waals surface area (Å²) < 4.78 is 12.3. The molecule has 0 bridgehead atoms. The molecule has 4 rings (SSSR count). The van der Waals surface area contributed by atoms with Gasteiger partial charge in [0.1, 0.15) is 11.9 Å². The largest absolute Gasteiger partial charge is 0.497 e. The van der Waals surface area contributed by atoms with Crippen LogP contribution in [0.15, 0.2) is 41.2 Å². The van der Waals surface area contributed by atoms with Crippen LogP contribution in [0.3, 0.4) is 0 Å². The minimum absolute atomic E-state index is 0.0971. The summed E-state index contributed by atoms with van der Waals surface area (Å²) in [5, 5.41) is 4.57. The summed E-state index contributed by atoms with van der Waals surface area (Å²) in [7, 11) is 1.63. The molecule has 1 aromatic heterocycles. The van der Waals surface area contributed by atoms with Crippen molar-refractivity contribution in [2.75, 3.05) is 26.8 Å². The second-order valence-electron chi connectivity index (χ2n) is 7.74. The quantitative estimate of drug-likeness (QED) is 0.774. The average molecular weight is 397 g/mol. The predicted molar refractivity (Wildman–Crippen MR) is 109 cm³/mol. The SMILES string of the molecule is COc1ccc(-c2ccc(=O)n(CC3CCN(C(=O)C4CCCO4)CC3)n2)cc1. The van der Waals surface area contributed by atoms with Crippen molar-refractivity contribution in [2.24, 2.45) is 5.92 Å². The predicted octanol–water partition coefficient (Wildman–Crippen LogP) is 2.34.